The van der Waals surface area contributed by atoms with E-state index in [-0.39, 0.29) is 5.91 Å². The maximum absolute atomic E-state index is 12.3. The van der Waals surface area contributed by atoms with Gasteiger partial charge in [0.1, 0.15) is 5.75 Å². The van der Waals surface area contributed by atoms with E-state index in [2.05, 4.69) is 17.2 Å². The lowest BCUT2D eigenvalue weighted by molar-refractivity contribution is -0.115. The molecule has 0 aromatic heterocycles. The van der Waals surface area contributed by atoms with Crippen molar-refractivity contribution in [2.45, 2.75) is 52.4 Å². The molecular formula is C25H30N2O2S. The number of aliphatic imine (C=N–C) groups is 1. The Labute approximate surface area is 183 Å². The standard InChI is InChI=1S/C25H30N2O2S/c1-3-4-5-6-7-8-16-29-22-14-12-20(13-15-22)18-23-24(28)27-25(30-23)26-21-11-9-10-19(2)17-21/h9-15,17-18H,3-8,16H2,1-2H3,(H,26,27,28)/b23-18+. The van der Waals surface area contributed by atoms with Crippen molar-refractivity contribution in [3.05, 3.63) is 64.6 Å². The third-order valence-corrected chi connectivity index (χ3v) is 5.74. The van der Waals surface area contributed by atoms with E-state index in [0.29, 0.717) is 10.1 Å². The Hall–Kier alpha value is -2.53. The molecule has 0 saturated carbocycles. The van der Waals surface area contributed by atoms with Gasteiger partial charge in [-0.15, -0.1) is 0 Å². The lowest BCUT2D eigenvalue weighted by Gasteiger charge is -2.06. The Bertz CT molecular complexity index is 904. The van der Waals surface area contributed by atoms with Crippen LogP contribution in [0.2, 0.25) is 0 Å². The summed E-state index contributed by atoms with van der Waals surface area (Å²) < 4.78 is 5.83. The summed E-state index contributed by atoms with van der Waals surface area (Å²) in [7, 11) is 0. The Morgan fingerprint density at radius 2 is 1.80 bits per heavy atom. The van der Waals surface area contributed by atoms with Gasteiger partial charge in [0.15, 0.2) is 5.17 Å². The van der Waals surface area contributed by atoms with Crippen molar-refractivity contribution < 1.29 is 9.53 Å². The summed E-state index contributed by atoms with van der Waals surface area (Å²) >= 11 is 1.36. The molecular weight excluding hydrogens is 392 g/mol. The molecule has 1 saturated heterocycles. The van der Waals surface area contributed by atoms with Crippen molar-refractivity contribution in [3.8, 4) is 5.75 Å². The number of carbonyl (C=O) groups is 1. The first-order chi connectivity index (χ1) is 14.6. The van der Waals surface area contributed by atoms with Crippen molar-refractivity contribution in [1.82, 2.24) is 5.32 Å². The summed E-state index contributed by atoms with van der Waals surface area (Å²) in [6, 6.07) is 15.8. The normalized spacial score (nSPS) is 16.3. The zero-order valence-corrected chi connectivity index (χ0v) is 18.6. The van der Waals surface area contributed by atoms with Gasteiger partial charge in [-0.3, -0.25) is 4.79 Å². The van der Waals surface area contributed by atoms with Crippen LogP contribution in [0.15, 0.2) is 58.4 Å². The van der Waals surface area contributed by atoms with Gasteiger partial charge >= 0.3 is 0 Å². The molecule has 158 valence electrons. The molecule has 0 unspecified atom stereocenters. The van der Waals surface area contributed by atoms with E-state index in [0.717, 1.165) is 35.6 Å². The van der Waals surface area contributed by atoms with Gasteiger partial charge in [-0.25, -0.2) is 4.99 Å². The van der Waals surface area contributed by atoms with Gasteiger partial charge in [-0.05, 0) is 66.6 Å². The molecule has 1 heterocycles. The minimum absolute atomic E-state index is 0.116. The van der Waals surface area contributed by atoms with Crippen LogP contribution in [0.5, 0.6) is 5.75 Å². The molecule has 0 radical (unpaired) electrons. The molecule has 1 fully saturated rings. The van der Waals surface area contributed by atoms with E-state index in [1.54, 1.807) is 0 Å². The van der Waals surface area contributed by atoms with E-state index in [4.69, 9.17) is 4.74 Å². The lowest BCUT2D eigenvalue weighted by atomic mass is 10.1. The quantitative estimate of drug-likeness (QED) is 0.345. The fraction of sp³-hybridized carbons (Fsp3) is 0.360. The molecule has 0 aliphatic carbocycles. The number of ether oxygens (including phenoxy) is 1. The number of amides is 1. The van der Waals surface area contributed by atoms with Crippen LogP contribution < -0.4 is 10.1 Å². The maximum atomic E-state index is 12.3. The predicted molar refractivity (Wildman–Crippen MR) is 127 cm³/mol. The van der Waals surface area contributed by atoms with Gasteiger partial charge in [-0.2, -0.15) is 0 Å². The fourth-order valence-electron chi connectivity index (χ4n) is 3.18. The monoisotopic (exact) mass is 422 g/mol. The highest BCUT2D eigenvalue weighted by Gasteiger charge is 2.23. The number of aryl methyl sites for hydroxylation is 1. The van der Waals surface area contributed by atoms with Gasteiger partial charge in [0.25, 0.3) is 5.91 Å². The summed E-state index contributed by atoms with van der Waals surface area (Å²) in [5, 5.41) is 3.44. The van der Waals surface area contributed by atoms with Gasteiger partial charge in [0.05, 0.1) is 17.2 Å². The maximum Gasteiger partial charge on any atom is 0.264 e. The van der Waals surface area contributed by atoms with Crippen molar-refractivity contribution in [2.24, 2.45) is 4.99 Å². The molecule has 0 spiro atoms. The van der Waals surface area contributed by atoms with Crippen molar-refractivity contribution in [1.29, 1.82) is 0 Å². The second-order valence-electron chi connectivity index (χ2n) is 7.51. The Kier molecular flexibility index (Phi) is 8.57. The van der Waals surface area contributed by atoms with Crippen LogP contribution in [0.4, 0.5) is 5.69 Å². The van der Waals surface area contributed by atoms with Crippen LogP contribution in [0, 0.1) is 6.92 Å². The largest absolute Gasteiger partial charge is 0.494 e. The zero-order valence-electron chi connectivity index (χ0n) is 17.8. The number of nitrogens with one attached hydrogen (secondary N) is 1. The van der Waals surface area contributed by atoms with Crippen molar-refractivity contribution in [3.63, 3.8) is 0 Å². The zero-order chi connectivity index (χ0) is 21.2. The summed E-state index contributed by atoms with van der Waals surface area (Å²) in [6.45, 7) is 5.01. The lowest BCUT2D eigenvalue weighted by Crippen LogP contribution is -2.19. The number of hydrogen-bond donors (Lipinski definition) is 1. The van der Waals surface area contributed by atoms with E-state index < -0.39 is 0 Å². The number of unbranched alkanes of at least 4 members (excludes halogenated alkanes) is 5. The van der Waals surface area contributed by atoms with E-state index in [1.807, 2.05) is 61.5 Å². The molecule has 2 aromatic rings. The molecule has 1 aliphatic rings. The van der Waals surface area contributed by atoms with E-state index in [1.165, 1.54) is 43.9 Å². The molecule has 1 aliphatic heterocycles. The van der Waals surface area contributed by atoms with Crippen molar-refractivity contribution >= 4 is 34.6 Å². The third-order valence-electron chi connectivity index (χ3n) is 4.83. The minimum Gasteiger partial charge on any atom is -0.494 e. The van der Waals surface area contributed by atoms with Crippen LogP contribution in [0.1, 0.15) is 56.6 Å². The first-order valence-corrected chi connectivity index (χ1v) is 11.5. The van der Waals surface area contributed by atoms with Gasteiger partial charge in [0, 0.05) is 0 Å². The Balaban J connectivity index is 1.51. The predicted octanol–water partition coefficient (Wildman–Crippen LogP) is 6.63. The second kappa shape index (κ2) is 11.6. The minimum atomic E-state index is -0.116. The average molecular weight is 423 g/mol. The van der Waals surface area contributed by atoms with Crippen LogP contribution in [0.3, 0.4) is 0 Å². The van der Waals surface area contributed by atoms with Crippen LogP contribution in [-0.2, 0) is 4.79 Å². The highest BCUT2D eigenvalue weighted by Crippen LogP contribution is 2.28. The molecule has 30 heavy (non-hydrogen) atoms. The van der Waals surface area contributed by atoms with Gasteiger partial charge < -0.3 is 10.1 Å². The summed E-state index contributed by atoms with van der Waals surface area (Å²) in [5.74, 6) is 0.755. The molecule has 1 N–H and O–H groups in total. The third kappa shape index (κ3) is 7.06. The average Bonchev–Trinajstić information content (AvgIpc) is 3.07. The van der Waals surface area contributed by atoms with Crippen molar-refractivity contribution in [2.75, 3.05) is 6.61 Å². The highest BCUT2D eigenvalue weighted by molar-refractivity contribution is 8.18. The Morgan fingerprint density at radius 1 is 1.03 bits per heavy atom. The molecule has 1 amide bonds. The number of nitrogens with zero attached hydrogens (tertiary/aromatic N) is 1. The number of carbonyl (C=O) groups excluding carboxylic acids is 1. The summed E-state index contributed by atoms with van der Waals surface area (Å²) in [4.78, 5) is 17.4. The van der Waals surface area contributed by atoms with Gasteiger partial charge in [-0.1, -0.05) is 63.3 Å². The summed E-state index contributed by atoms with van der Waals surface area (Å²) in [6.07, 6.45) is 9.42. The molecule has 5 heteroatoms. The number of hydrogen-bond acceptors (Lipinski definition) is 4. The van der Waals surface area contributed by atoms with E-state index >= 15 is 0 Å². The van der Waals surface area contributed by atoms with Crippen LogP contribution in [-0.4, -0.2) is 17.7 Å². The Morgan fingerprint density at radius 3 is 2.57 bits per heavy atom. The second-order valence-corrected chi connectivity index (χ2v) is 8.54. The number of amidine groups is 1. The topological polar surface area (TPSA) is 50.7 Å². The molecule has 4 nitrogen and oxygen atoms in total. The fourth-order valence-corrected chi connectivity index (χ4v) is 4.02. The van der Waals surface area contributed by atoms with Crippen LogP contribution >= 0.6 is 11.8 Å². The number of thioether (sulfide) groups is 1. The van der Waals surface area contributed by atoms with E-state index in [9.17, 15) is 4.79 Å². The van der Waals surface area contributed by atoms with Crippen LogP contribution in [0.25, 0.3) is 6.08 Å². The summed E-state index contributed by atoms with van der Waals surface area (Å²) in [5.41, 5.74) is 2.95. The first-order valence-electron chi connectivity index (χ1n) is 10.7. The highest BCUT2D eigenvalue weighted by atomic mass is 32.2. The first kappa shape index (κ1) is 22.2. The number of rotatable bonds is 10. The molecule has 2 aromatic carbocycles. The molecule has 3 rings (SSSR count). The SMILES string of the molecule is CCCCCCCCOc1ccc(/C=C2/SC(=Nc3cccc(C)c3)NC2=O)cc1. The molecule has 0 atom stereocenters. The van der Waals surface area contributed by atoms with Gasteiger partial charge in [0.2, 0.25) is 0 Å². The number of benzene rings is 2. The molecule has 0 bridgehead atoms. The smallest absolute Gasteiger partial charge is 0.264 e.